The number of rotatable bonds is 0. The average Bonchev–Trinajstić information content (AvgIpc) is 2.27. The van der Waals surface area contributed by atoms with Gasteiger partial charge in [-0.1, -0.05) is 13.8 Å². The lowest BCUT2D eigenvalue weighted by molar-refractivity contribution is 0.418. The van der Waals surface area contributed by atoms with Gasteiger partial charge in [0.2, 0.25) is 0 Å². The van der Waals surface area contributed by atoms with Crippen LogP contribution in [-0.4, -0.2) is 13.1 Å². The monoisotopic (exact) mass is 125 g/mol. The van der Waals surface area contributed by atoms with Gasteiger partial charge in [0.05, 0.1) is 0 Å². The molecular formula is C8H15N. The summed E-state index contributed by atoms with van der Waals surface area (Å²) in [7, 11) is 0. The largest absolute Gasteiger partial charge is 0.316 e. The van der Waals surface area contributed by atoms with Gasteiger partial charge in [-0.15, -0.1) is 0 Å². The van der Waals surface area contributed by atoms with Gasteiger partial charge < -0.3 is 5.32 Å². The van der Waals surface area contributed by atoms with E-state index in [1.54, 1.807) is 0 Å². The van der Waals surface area contributed by atoms with Crippen LogP contribution in [0.1, 0.15) is 26.7 Å². The van der Waals surface area contributed by atoms with Crippen molar-refractivity contribution in [3.63, 3.8) is 0 Å². The fraction of sp³-hybridized carbons (Fsp3) is 1.00. The molecule has 2 fully saturated rings. The van der Waals surface area contributed by atoms with Crippen molar-refractivity contribution in [2.24, 2.45) is 10.8 Å². The molecule has 1 N–H and O–H groups in total. The van der Waals surface area contributed by atoms with Crippen molar-refractivity contribution in [1.29, 1.82) is 0 Å². The minimum absolute atomic E-state index is 0.663. The predicted octanol–water partition coefficient (Wildman–Crippen LogP) is 1.40. The van der Waals surface area contributed by atoms with Crippen LogP contribution >= 0.6 is 0 Å². The molecule has 1 spiro atoms. The van der Waals surface area contributed by atoms with Crippen LogP contribution in [0.4, 0.5) is 0 Å². The Kier molecular flexibility index (Phi) is 0.852. The maximum absolute atomic E-state index is 3.43. The van der Waals surface area contributed by atoms with E-state index >= 15 is 0 Å². The Balaban J connectivity index is 2.13. The third-order valence-corrected chi connectivity index (χ3v) is 3.33. The molecule has 0 aromatic heterocycles. The van der Waals surface area contributed by atoms with Gasteiger partial charge in [-0.25, -0.2) is 0 Å². The molecule has 1 aliphatic carbocycles. The predicted molar refractivity (Wildman–Crippen MR) is 38.3 cm³/mol. The summed E-state index contributed by atoms with van der Waals surface area (Å²) >= 11 is 0. The fourth-order valence-corrected chi connectivity index (χ4v) is 2.27. The summed E-state index contributed by atoms with van der Waals surface area (Å²) in [6.45, 7) is 7.31. The first-order valence-electron chi connectivity index (χ1n) is 3.87. The van der Waals surface area contributed by atoms with Crippen molar-refractivity contribution in [3.05, 3.63) is 0 Å². The summed E-state index contributed by atoms with van der Waals surface area (Å²) < 4.78 is 0. The van der Waals surface area contributed by atoms with Crippen LogP contribution in [-0.2, 0) is 0 Å². The van der Waals surface area contributed by atoms with Gasteiger partial charge in [0, 0.05) is 6.54 Å². The first-order valence-corrected chi connectivity index (χ1v) is 3.87. The van der Waals surface area contributed by atoms with Crippen LogP contribution < -0.4 is 5.32 Å². The standard InChI is InChI=1S/C8H15N/c1-7(2)5-8(7)3-4-9-6-8/h9H,3-6H2,1-2H3/t8-/m0/s1. The molecule has 0 unspecified atom stereocenters. The molecule has 1 atom stereocenters. The molecule has 9 heavy (non-hydrogen) atoms. The van der Waals surface area contributed by atoms with Crippen molar-refractivity contribution in [1.82, 2.24) is 5.32 Å². The van der Waals surface area contributed by atoms with E-state index in [9.17, 15) is 0 Å². The number of hydrogen-bond acceptors (Lipinski definition) is 1. The van der Waals surface area contributed by atoms with Crippen molar-refractivity contribution < 1.29 is 0 Å². The van der Waals surface area contributed by atoms with Gasteiger partial charge in [0.25, 0.3) is 0 Å². The number of nitrogens with one attached hydrogen (secondary N) is 1. The molecule has 1 heteroatoms. The molecule has 2 aliphatic rings. The van der Waals surface area contributed by atoms with Crippen molar-refractivity contribution in [3.8, 4) is 0 Å². The lowest BCUT2D eigenvalue weighted by Crippen LogP contribution is -2.13. The molecular weight excluding hydrogens is 110 g/mol. The summed E-state index contributed by atoms with van der Waals surface area (Å²) in [5, 5.41) is 3.43. The summed E-state index contributed by atoms with van der Waals surface area (Å²) in [5.41, 5.74) is 1.39. The van der Waals surface area contributed by atoms with Gasteiger partial charge in [0.1, 0.15) is 0 Å². The van der Waals surface area contributed by atoms with Gasteiger partial charge >= 0.3 is 0 Å². The zero-order valence-electron chi connectivity index (χ0n) is 6.33. The molecule has 1 saturated heterocycles. The van der Waals surface area contributed by atoms with E-state index in [4.69, 9.17) is 0 Å². The third kappa shape index (κ3) is 0.586. The van der Waals surface area contributed by atoms with Crippen LogP contribution in [0.3, 0.4) is 0 Å². The maximum Gasteiger partial charge on any atom is 0.00136 e. The Morgan fingerprint density at radius 3 is 2.22 bits per heavy atom. The van der Waals surface area contributed by atoms with Crippen LogP contribution in [0.25, 0.3) is 0 Å². The topological polar surface area (TPSA) is 12.0 Å². The Morgan fingerprint density at radius 2 is 2.00 bits per heavy atom. The van der Waals surface area contributed by atoms with E-state index in [-0.39, 0.29) is 0 Å². The highest BCUT2D eigenvalue weighted by molar-refractivity contribution is 5.12. The number of hydrogen-bond donors (Lipinski definition) is 1. The smallest absolute Gasteiger partial charge is 0.00136 e. The molecule has 2 rings (SSSR count). The Bertz CT molecular complexity index is 126. The zero-order valence-corrected chi connectivity index (χ0v) is 6.33. The van der Waals surface area contributed by atoms with E-state index in [1.807, 2.05) is 0 Å². The molecule has 0 aromatic carbocycles. The minimum Gasteiger partial charge on any atom is -0.316 e. The highest BCUT2D eigenvalue weighted by Gasteiger charge is 2.61. The Morgan fingerprint density at radius 1 is 1.33 bits per heavy atom. The zero-order chi connectivity index (χ0) is 6.54. The fourth-order valence-electron chi connectivity index (χ4n) is 2.27. The van der Waals surface area contributed by atoms with E-state index in [0.717, 1.165) is 5.41 Å². The van der Waals surface area contributed by atoms with Crippen molar-refractivity contribution in [2.45, 2.75) is 26.7 Å². The Labute approximate surface area is 56.8 Å². The van der Waals surface area contributed by atoms with Gasteiger partial charge in [0.15, 0.2) is 0 Å². The quantitative estimate of drug-likeness (QED) is 0.516. The first kappa shape index (κ1) is 5.72. The first-order chi connectivity index (χ1) is 4.16. The normalized spacial score (nSPS) is 46.0. The molecule has 1 saturated carbocycles. The molecule has 1 heterocycles. The van der Waals surface area contributed by atoms with E-state index in [2.05, 4.69) is 19.2 Å². The summed E-state index contributed by atoms with van der Waals surface area (Å²) in [4.78, 5) is 0. The highest BCUT2D eigenvalue weighted by atomic mass is 15.0. The second-order valence-corrected chi connectivity index (χ2v) is 4.27. The van der Waals surface area contributed by atoms with Gasteiger partial charge in [-0.05, 0) is 30.2 Å². The maximum atomic E-state index is 3.43. The van der Waals surface area contributed by atoms with Crippen molar-refractivity contribution >= 4 is 0 Å². The lowest BCUT2D eigenvalue weighted by atomic mass is 9.95. The second-order valence-electron chi connectivity index (χ2n) is 4.27. The van der Waals surface area contributed by atoms with E-state index in [1.165, 1.54) is 25.9 Å². The highest BCUT2D eigenvalue weighted by Crippen LogP contribution is 2.66. The molecule has 0 bridgehead atoms. The molecule has 1 aliphatic heterocycles. The SMILES string of the molecule is CC1(C)C[C@]12CCNC2. The molecule has 0 amide bonds. The minimum atomic E-state index is 0.663. The average molecular weight is 125 g/mol. The third-order valence-electron chi connectivity index (χ3n) is 3.33. The summed E-state index contributed by atoms with van der Waals surface area (Å²) in [6.07, 6.45) is 2.87. The van der Waals surface area contributed by atoms with Crippen LogP contribution in [0.5, 0.6) is 0 Å². The van der Waals surface area contributed by atoms with Crippen molar-refractivity contribution in [2.75, 3.05) is 13.1 Å². The van der Waals surface area contributed by atoms with Gasteiger partial charge in [-0.2, -0.15) is 0 Å². The molecule has 1 nitrogen and oxygen atoms in total. The molecule has 0 radical (unpaired) electrons. The van der Waals surface area contributed by atoms with Gasteiger partial charge in [-0.3, -0.25) is 0 Å². The second kappa shape index (κ2) is 1.34. The lowest BCUT2D eigenvalue weighted by Gasteiger charge is -2.09. The van der Waals surface area contributed by atoms with Crippen LogP contribution in [0, 0.1) is 10.8 Å². The summed E-state index contributed by atoms with van der Waals surface area (Å²) in [6, 6.07) is 0. The van der Waals surface area contributed by atoms with E-state index < -0.39 is 0 Å². The Hall–Kier alpha value is -0.0400. The molecule has 52 valence electrons. The van der Waals surface area contributed by atoms with Crippen LogP contribution in [0.15, 0.2) is 0 Å². The summed E-state index contributed by atoms with van der Waals surface area (Å²) in [5.74, 6) is 0. The van der Waals surface area contributed by atoms with E-state index in [0.29, 0.717) is 5.41 Å². The molecule has 0 aromatic rings. The van der Waals surface area contributed by atoms with Crippen LogP contribution in [0.2, 0.25) is 0 Å².